The summed E-state index contributed by atoms with van der Waals surface area (Å²) in [4.78, 5) is 9.80. The fraction of sp³-hybridized carbons (Fsp3) is 0.448. The maximum atomic E-state index is 6.39. The predicted octanol–water partition coefficient (Wildman–Crippen LogP) is 5.07. The minimum absolute atomic E-state index is 0.0827. The van der Waals surface area contributed by atoms with Crippen molar-refractivity contribution in [3.05, 3.63) is 55.2 Å². The minimum atomic E-state index is -0.535. The molecule has 1 saturated carbocycles. The molecule has 6 rings (SSSR count). The highest BCUT2D eigenvalue weighted by molar-refractivity contribution is 5.76. The van der Waals surface area contributed by atoms with Crippen LogP contribution in [-0.2, 0) is 23.6 Å². The molecule has 9 nitrogen and oxygen atoms in total. The molecule has 2 aliphatic rings. The summed E-state index contributed by atoms with van der Waals surface area (Å²) < 4.78 is 16.2. The van der Waals surface area contributed by atoms with Crippen molar-refractivity contribution in [3.8, 4) is 33.6 Å². The maximum absolute atomic E-state index is 6.39. The molecule has 0 bridgehead atoms. The van der Waals surface area contributed by atoms with Gasteiger partial charge in [0.2, 0.25) is 0 Å². The van der Waals surface area contributed by atoms with Crippen LogP contribution in [-0.4, -0.2) is 54.1 Å². The Morgan fingerprint density at radius 2 is 1.66 bits per heavy atom. The van der Waals surface area contributed by atoms with Gasteiger partial charge in [0.25, 0.3) is 0 Å². The molecular weight excluding hydrogens is 478 g/mol. The van der Waals surface area contributed by atoms with Crippen molar-refractivity contribution < 1.29 is 9.47 Å². The fourth-order valence-electron chi connectivity index (χ4n) is 5.68. The van der Waals surface area contributed by atoms with Crippen molar-refractivity contribution in [2.45, 2.75) is 57.5 Å². The van der Waals surface area contributed by atoms with Crippen LogP contribution in [0.15, 0.2) is 55.2 Å². The number of aryl methyl sites for hydroxylation is 2. The Morgan fingerprint density at radius 1 is 0.921 bits per heavy atom. The highest BCUT2D eigenvalue weighted by Gasteiger charge is 2.45. The van der Waals surface area contributed by atoms with Gasteiger partial charge in [-0.3, -0.25) is 9.36 Å². The normalized spacial score (nSPS) is 22.7. The van der Waals surface area contributed by atoms with Crippen LogP contribution >= 0.6 is 0 Å². The molecule has 9 heteroatoms. The number of aromatic nitrogens is 6. The van der Waals surface area contributed by atoms with Crippen LogP contribution in [0, 0.1) is 5.92 Å². The molecule has 0 unspecified atom stereocenters. The number of fused-ring (bicyclic) bond motifs is 1. The first kappa shape index (κ1) is 24.8. The van der Waals surface area contributed by atoms with E-state index >= 15 is 0 Å². The Bertz CT molecular complexity index is 1430. The predicted molar refractivity (Wildman–Crippen MR) is 146 cm³/mol. The van der Waals surface area contributed by atoms with E-state index in [0.717, 1.165) is 53.0 Å². The summed E-state index contributed by atoms with van der Waals surface area (Å²) in [6.07, 6.45) is 14.3. The first-order valence-electron chi connectivity index (χ1n) is 13.4. The van der Waals surface area contributed by atoms with E-state index in [4.69, 9.17) is 19.4 Å². The average molecular weight is 514 g/mol. The van der Waals surface area contributed by atoms with Crippen LogP contribution in [0.4, 0.5) is 5.82 Å². The van der Waals surface area contributed by atoms with Crippen LogP contribution in [0.1, 0.15) is 39.5 Å². The number of benzene rings is 1. The molecule has 0 spiro atoms. The summed E-state index contributed by atoms with van der Waals surface area (Å²) in [5.41, 5.74) is 5.00. The summed E-state index contributed by atoms with van der Waals surface area (Å²) >= 11 is 0. The highest BCUT2D eigenvalue weighted by Crippen LogP contribution is 2.39. The molecule has 0 radical (unpaired) electrons. The lowest BCUT2D eigenvalue weighted by molar-refractivity contribution is -0.151. The molecule has 0 amide bonds. The Morgan fingerprint density at radius 3 is 2.42 bits per heavy atom. The summed E-state index contributed by atoms with van der Waals surface area (Å²) in [6, 6.07) is 8.28. The second-order valence-corrected chi connectivity index (χ2v) is 10.9. The summed E-state index contributed by atoms with van der Waals surface area (Å²) in [5.74, 6) is 1.27. The maximum Gasteiger partial charge on any atom is 0.163 e. The standard InChI is InChI=1S/C29H35N7O2/c1-29(2)37-25-11-6-5-8-21(26(25)38-29)13-30-28-24(23-15-33-36(4)18-23)16-31-27(34-28)20-10-7-9-19(12-20)22-14-32-35(3)17-22/h7,9-10,12,14-18,21,25-26H,5-6,8,11,13H2,1-4H3,(H,30,31,34)/t21-,25-,26+/m1/s1. The average Bonchev–Trinajstić information content (AvgIpc) is 3.58. The van der Waals surface area contributed by atoms with Gasteiger partial charge >= 0.3 is 0 Å². The summed E-state index contributed by atoms with van der Waals surface area (Å²) in [5, 5.41) is 12.4. The number of nitrogens with one attached hydrogen (secondary N) is 1. The Kier molecular flexibility index (Phi) is 6.49. The zero-order valence-corrected chi connectivity index (χ0v) is 22.5. The van der Waals surface area contributed by atoms with Crippen molar-refractivity contribution in [2.24, 2.45) is 20.0 Å². The second-order valence-electron chi connectivity index (χ2n) is 10.9. The molecule has 2 fully saturated rings. The van der Waals surface area contributed by atoms with Crippen molar-refractivity contribution >= 4 is 5.82 Å². The number of ether oxygens (including phenoxy) is 2. The first-order valence-corrected chi connectivity index (χ1v) is 13.4. The van der Waals surface area contributed by atoms with Crippen LogP contribution < -0.4 is 5.32 Å². The molecule has 1 aromatic carbocycles. The SMILES string of the molecule is Cn1cc(-c2cccc(-c3ncc(-c4cnn(C)c4)c(NC[C@H]4CCCC[C@H]5OC(C)(C)O[C@@H]45)n3)c2)cn1. The highest BCUT2D eigenvalue weighted by atomic mass is 16.8. The van der Waals surface area contributed by atoms with Gasteiger partial charge in [0.1, 0.15) is 5.82 Å². The molecule has 3 aromatic heterocycles. The van der Waals surface area contributed by atoms with Gasteiger partial charge in [-0.25, -0.2) is 9.97 Å². The largest absolute Gasteiger partial charge is 0.369 e. The molecule has 3 atom stereocenters. The van der Waals surface area contributed by atoms with Crippen molar-refractivity contribution in [1.82, 2.24) is 29.5 Å². The molecular formula is C29H35N7O2. The summed E-state index contributed by atoms with van der Waals surface area (Å²) in [6.45, 7) is 4.78. The third-order valence-electron chi connectivity index (χ3n) is 7.50. The van der Waals surface area contributed by atoms with Crippen molar-refractivity contribution in [3.63, 3.8) is 0 Å². The lowest BCUT2D eigenvalue weighted by Crippen LogP contribution is -2.34. The topological polar surface area (TPSA) is 91.9 Å². The Hall–Kier alpha value is -3.56. The van der Waals surface area contributed by atoms with Crippen LogP contribution in [0.3, 0.4) is 0 Å². The number of hydrogen-bond donors (Lipinski definition) is 1. The number of anilines is 1. The van der Waals surface area contributed by atoms with E-state index in [0.29, 0.717) is 11.7 Å². The number of hydrogen-bond acceptors (Lipinski definition) is 7. The second kappa shape index (κ2) is 9.96. The van der Waals surface area contributed by atoms with E-state index in [2.05, 4.69) is 27.6 Å². The smallest absolute Gasteiger partial charge is 0.163 e. The lowest BCUT2D eigenvalue weighted by Gasteiger charge is -2.25. The van der Waals surface area contributed by atoms with Gasteiger partial charge in [-0.2, -0.15) is 10.2 Å². The molecule has 1 N–H and O–H groups in total. The minimum Gasteiger partial charge on any atom is -0.369 e. The van der Waals surface area contributed by atoms with E-state index in [-0.39, 0.29) is 12.2 Å². The van der Waals surface area contributed by atoms with Crippen LogP contribution in [0.25, 0.3) is 33.6 Å². The van der Waals surface area contributed by atoms with Gasteiger partial charge in [-0.1, -0.05) is 31.0 Å². The van der Waals surface area contributed by atoms with Crippen molar-refractivity contribution in [2.75, 3.05) is 11.9 Å². The summed E-state index contributed by atoms with van der Waals surface area (Å²) in [7, 11) is 3.84. The Labute approximate surface area is 223 Å². The Balaban J connectivity index is 1.31. The zero-order chi connectivity index (χ0) is 26.3. The monoisotopic (exact) mass is 513 g/mol. The van der Waals surface area contributed by atoms with Gasteiger partial charge < -0.3 is 14.8 Å². The number of nitrogens with zero attached hydrogens (tertiary/aromatic N) is 6. The van der Waals surface area contributed by atoms with E-state index < -0.39 is 5.79 Å². The van der Waals surface area contributed by atoms with Gasteiger partial charge in [-0.05, 0) is 38.3 Å². The third kappa shape index (κ3) is 5.08. The fourth-order valence-corrected chi connectivity index (χ4v) is 5.68. The van der Waals surface area contributed by atoms with Gasteiger partial charge in [0, 0.05) is 67.4 Å². The van der Waals surface area contributed by atoms with Gasteiger partial charge in [0.15, 0.2) is 11.6 Å². The van der Waals surface area contributed by atoms with E-state index in [9.17, 15) is 0 Å². The molecule has 38 heavy (non-hydrogen) atoms. The first-order chi connectivity index (χ1) is 18.3. The zero-order valence-electron chi connectivity index (χ0n) is 22.5. The third-order valence-corrected chi connectivity index (χ3v) is 7.50. The van der Waals surface area contributed by atoms with Gasteiger partial charge in [0.05, 0.1) is 24.6 Å². The van der Waals surface area contributed by atoms with E-state index in [1.807, 2.05) is 75.7 Å². The van der Waals surface area contributed by atoms with E-state index in [1.54, 1.807) is 4.68 Å². The lowest BCUT2D eigenvalue weighted by atomic mass is 9.95. The van der Waals surface area contributed by atoms with Gasteiger partial charge in [-0.15, -0.1) is 0 Å². The molecule has 1 saturated heterocycles. The number of rotatable bonds is 6. The van der Waals surface area contributed by atoms with Crippen LogP contribution in [0.2, 0.25) is 0 Å². The quantitative estimate of drug-likeness (QED) is 0.385. The molecule has 1 aliphatic heterocycles. The molecule has 4 heterocycles. The van der Waals surface area contributed by atoms with Crippen LogP contribution in [0.5, 0.6) is 0 Å². The molecule has 1 aliphatic carbocycles. The molecule has 4 aromatic rings. The molecule has 198 valence electrons. The van der Waals surface area contributed by atoms with E-state index in [1.165, 1.54) is 12.8 Å². The van der Waals surface area contributed by atoms with Crippen molar-refractivity contribution in [1.29, 1.82) is 0 Å².